The highest BCUT2D eigenvalue weighted by atomic mass is 35.5. The van der Waals surface area contributed by atoms with Gasteiger partial charge in [-0.15, -0.1) is 23.7 Å². The molecule has 19 heavy (non-hydrogen) atoms. The number of hydrogen-bond donors (Lipinski definition) is 1. The molecule has 7 heteroatoms. The van der Waals surface area contributed by atoms with Gasteiger partial charge in [0.05, 0.1) is 11.1 Å². The molecule has 0 spiro atoms. The summed E-state index contributed by atoms with van der Waals surface area (Å²) in [5, 5.41) is 2.35. The zero-order valence-electron chi connectivity index (χ0n) is 10.7. The molecule has 0 aromatic carbocycles. The van der Waals surface area contributed by atoms with Gasteiger partial charge in [-0.05, 0) is 24.3 Å². The van der Waals surface area contributed by atoms with Crippen LogP contribution in [0.15, 0.2) is 11.4 Å². The van der Waals surface area contributed by atoms with Gasteiger partial charge in [-0.1, -0.05) is 11.6 Å². The van der Waals surface area contributed by atoms with E-state index in [1.54, 1.807) is 13.2 Å². The zero-order chi connectivity index (χ0) is 13.1. The van der Waals surface area contributed by atoms with Gasteiger partial charge in [-0.2, -0.15) is 0 Å². The maximum Gasteiger partial charge on any atom is 0.265 e. The normalized spacial score (nSPS) is 23.0. The first-order chi connectivity index (χ1) is 8.67. The lowest BCUT2D eigenvalue weighted by atomic mass is 9.99. The molecular weight excluding hydrogens is 307 g/mol. The van der Waals surface area contributed by atoms with Crippen molar-refractivity contribution in [3.8, 4) is 0 Å². The molecule has 1 fully saturated rings. The average molecular weight is 325 g/mol. The van der Waals surface area contributed by atoms with Gasteiger partial charge < -0.3 is 15.4 Å². The van der Waals surface area contributed by atoms with Crippen LogP contribution in [0.25, 0.3) is 0 Å². The number of nitrogens with two attached hydrogens (primary N) is 1. The smallest absolute Gasteiger partial charge is 0.265 e. The van der Waals surface area contributed by atoms with E-state index in [0.717, 1.165) is 12.8 Å². The van der Waals surface area contributed by atoms with Crippen LogP contribution in [0, 0.1) is 0 Å². The summed E-state index contributed by atoms with van der Waals surface area (Å²) >= 11 is 7.38. The number of amides is 1. The van der Waals surface area contributed by atoms with Crippen LogP contribution in [0.2, 0.25) is 5.02 Å². The van der Waals surface area contributed by atoms with Crippen LogP contribution in [0.3, 0.4) is 0 Å². The van der Waals surface area contributed by atoms with E-state index in [9.17, 15) is 4.79 Å². The molecule has 2 heterocycles. The second-order valence-electron chi connectivity index (χ2n) is 4.37. The Hall–Kier alpha value is -0.330. The Morgan fingerprint density at radius 1 is 1.68 bits per heavy atom. The molecule has 2 atom stereocenters. The third-order valence-corrected chi connectivity index (χ3v) is 4.67. The first-order valence-corrected chi connectivity index (χ1v) is 7.20. The summed E-state index contributed by atoms with van der Waals surface area (Å²) in [7, 11) is 1.70. The van der Waals surface area contributed by atoms with Gasteiger partial charge in [0.1, 0.15) is 4.88 Å². The summed E-state index contributed by atoms with van der Waals surface area (Å²) in [4.78, 5) is 14.8. The van der Waals surface area contributed by atoms with Gasteiger partial charge in [0.15, 0.2) is 0 Å². The van der Waals surface area contributed by atoms with Crippen LogP contribution in [0.4, 0.5) is 0 Å². The number of carbonyl (C=O) groups excluding carboxylic acids is 1. The first kappa shape index (κ1) is 16.7. The van der Waals surface area contributed by atoms with Crippen LogP contribution in [0.1, 0.15) is 22.5 Å². The number of likely N-dealkylation sites (tertiary alicyclic amines) is 1. The highest BCUT2D eigenvalue weighted by molar-refractivity contribution is 7.12. The Morgan fingerprint density at radius 3 is 2.95 bits per heavy atom. The van der Waals surface area contributed by atoms with Gasteiger partial charge in [0.2, 0.25) is 0 Å². The number of carbonyl (C=O) groups is 1. The Bertz CT molecular complexity index is 428. The molecule has 1 aromatic heterocycles. The van der Waals surface area contributed by atoms with Crippen molar-refractivity contribution >= 4 is 41.3 Å². The van der Waals surface area contributed by atoms with Crippen molar-refractivity contribution in [2.24, 2.45) is 5.73 Å². The van der Waals surface area contributed by atoms with E-state index >= 15 is 0 Å². The molecule has 1 aliphatic heterocycles. The van der Waals surface area contributed by atoms with E-state index in [1.807, 2.05) is 10.3 Å². The second kappa shape index (κ2) is 7.45. The SMILES string of the molecule is COC1CCN(C(=O)c2sccc2Cl)C(CN)C1.Cl. The highest BCUT2D eigenvalue weighted by Crippen LogP contribution is 2.27. The maximum absolute atomic E-state index is 12.4. The van der Waals surface area contributed by atoms with Gasteiger partial charge >= 0.3 is 0 Å². The Kier molecular flexibility index (Phi) is 6.56. The van der Waals surface area contributed by atoms with Crippen molar-refractivity contribution in [2.45, 2.75) is 25.0 Å². The van der Waals surface area contributed by atoms with Crippen molar-refractivity contribution in [2.75, 3.05) is 20.2 Å². The maximum atomic E-state index is 12.4. The molecular formula is C12H18Cl2N2O2S. The number of ether oxygens (including phenoxy) is 1. The fraction of sp³-hybridized carbons (Fsp3) is 0.583. The Morgan fingerprint density at radius 2 is 2.42 bits per heavy atom. The molecule has 1 aliphatic rings. The topological polar surface area (TPSA) is 55.6 Å². The van der Waals surface area contributed by atoms with Crippen LogP contribution < -0.4 is 5.73 Å². The number of nitrogens with zero attached hydrogens (tertiary/aromatic N) is 1. The summed E-state index contributed by atoms with van der Waals surface area (Å²) in [6, 6.07) is 1.79. The summed E-state index contributed by atoms with van der Waals surface area (Å²) in [5.41, 5.74) is 5.76. The summed E-state index contributed by atoms with van der Waals surface area (Å²) < 4.78 is 5.35. The summed E-state index contributed by atoms with van der Waals surface area (Å²) in [5.74, 6) is -0.0139. The standard InChI is InChI=1S/C12H17ClN2O2S.ClH/c1-17-9-2-4-15(8(6-9)7-14)12(16)11-10(13)3-5-18-11;/h3,5,8-9H,2,4,6-7,14H2,1H3;1H. The van der Waals surface area contributed by atoms with E-state index in [-0.39, 0.29) is 30.5 Å². The summed E-state index contributed by atoms with van der Waals surface area (Å²) in [6.07, 6.45) is 1.84. The number of halogens is 2. The van der Waals surface area contributed by atoms with Gasteiger partial charge in [-0.25, -0.2) is 0 Å². The van der Waals surface area contributed by atoms with Crippen LogP contribution >= 0.6 is 35.3 Å². The number of thiophene rings is 1. The van der Waals surface area contributed by atoms with Crippen molar-refractivity contribution in [1.82, 2.24) is 4.90 Å². The Labute approximate surface area is 128 Å². The number of rotatable bonds is 3. The number of methoxy groups -OCH3 is 1. The quantitative estimate of drug-likeness (QED) is 0.928. The second-order valence-corrected chi connectivity index (χ2v) is 5.69. The molecule has 108 valence electrons. The van der Waals surface area contributed by atoms with E-state index < -0.39 is 0 Å². The lowest BCUT2D eigenvalue weighted by Gasteiger charge is -2.38. The lowest BCUT2D eigenvalue weighted by Crippen LogP contribution is -2.51. The van der Waals surface area contributed by atoms with Gasteiger partial charge in [0, 0.05) is 26.2 Å². The average Bonchev–Trinajstić information content (AvgIpc) is 2.83. The van der Waals surface area contributed by atoms with E-state index in [0.29, 0.717) is 23.0 Å². The van der Waals surface area contributed by atoms with Crippen molar-refractivity contribution in [1.29, 1.82) is 0 Å². The van der Waals surface area contributed by atoms with Crippen LogP contribution in [0.5, 0.6) is 0 Å². The number of piperidine rings is 1. The minimum absolute atomic E-state index is 0. The fourth-order valence-corrected chi connectivity index (χ4v) is 3.39. The van der Waals surface area contributed by atoms with Gasteiger partial charge in [0.25, 0.3) is 5.91 Å². The van der Waals surface area contributed by atoms with Crippen molar-refractivity contribution in [3.63, 3.8) is 0 Å². The van der Waals surface area contributed by atoms with Gasteiger partial charge in [-0.3, -0.25) is 4.79 Å². The van der Waals surface area contributed by atoms with Crippen LogP contribution in [-0.4, -0.2) is 43.2 Å². The molecule has 2 rings (SSSR count). The molecule has 0 aliphatic carbocycles. The minimum Gasteiger partial charge on any atom is -0.381 e. The predicted molar refractivity (Wildman–Crippen MR) is 80.5 cm³/mol. The monoisotopic (exact) mass is 324 g/mol. The molecule has 1 aromatic rings. The lowest BCUT2D eigenvalue weighted by molar-refractivity contribution is 0.0141. The van der Waals surface area contributed by atoms with E-state index in [1.165, 1.54) is 11.3 Å². The molecule has 0 radical (unpaired) electrons. The first-order valence-electron chi connectivity index (χ1n) is 5.94. The molecule has 0 bridgehead atoms. The molecule has 0 saturated carbocycles. The van der Waals surface area contributed by atoms with E-state index in [4.69, 9.17) is 22.1 Å². The number of hydrogen-bond acceptors (Lipinski definition) is 4. The molecule has 2 N–H and O–H groups in total. The van der Waals surface area contributed by atoms with E-state index in [2.05, 4.69) is 0 Å². The van der Waals surface area contributed by atoms with Crippen LogP contribution in [-0.2, 0) is 4.74 Å². The fourth-order valence-electron chi connectivity index (χ4n) is 2.30. The molecule has 1 saturated heterocycles. The molecule has 1 amide bonds. The predicted octanol–water partition coefficient (Wildman–Crippen LogP) is 2.40. The Balaban J connectivity index is 0.00000180. The molecule has 2 unspecified atom stereocenters. The highest BCUT2D eigenvalue weighted by Gasteiger charge is 2.32. The third kappa shape index (κ3) is 3.61. The minimum atomic E-state index is -0.0139. The molecule has 4 nitrogen and oxygen atoms in total. The van der Waals surface area contributed by atoms with Crippen molar-refractivity contribution < 1.29 is 9.53 Å². The van der Waals surface area contributed by atoms with Crippen molar-refractivity contribution in [3.05, 3.63) is 21.3 Å². The summed E-state index contributed by atoms with van der Waals surface area (Å²) in [6.45, 7) is 1.13. The zero-order valence-corrected chi connectivity index (χ0v) is 13.1. The largest absolute Gasteiger partial charge is 0.381 e. The third-order valence-electron chi connectivity index (χ3n) is 3.35.